The fraction of sp³-hybridized carbons (Fsp3) is 0.267. The topological polar surface area (TPSA) is 76.8 Å². The summed E-state index contributed by atoms with van der Waals surface area (Å²) < 4.78 is 16.6. The first-order valence-electron chi connectivity index (χ1n) is 12.2. The van der Waals surface area contributed by atoms with Gasteiger partial charge in [0.1, 0.15) is 12.4 Å². The third-order valence-corrected chi connectivity index (χ3v) is 6.20. The van der Waals surface area contributed by atoms with E-state index in [4.69, 9.17) is 14.0 Å². The Morgan fingerprint density at radius 3 is 2.43 bits per heavy atom. The Morgan fingerprint density at radius 1 is 1.00 bits per heavy atom. The molecule has 0 saturated carbocycles. The highest BCUT2D eigenvalue weighted by atomic mass is 16.5. The third kappa shape index (κ3) is 6.37. The van der Waals surface area contributed by atoms with Crippen molar-refractivity contribution in [2.45, 2.75) is 33.5 Å². The molecule has 3 aromatic carbocycles. The predicted molar refractivity (Wildman–Crippen MR) is 144 cm³/mol. The van der Waals surface area contributed by atoms with Crippen LogP contribution in [0.15, 0.2) is 71.3 Å². The van der Waals surface area contributed by atoms with Gasteiger partial charge in [-0.1, -0.05) is 53.7 Å². The average molecular weight is 500 g/mol. The van der Waals surface area contributed by atoms with E-state index in [1.165, 1.54) is 5.56 Å². The molecule has 0 radical (unpaired) electrons. The fourth-order valence-electron chi connectivity index (χ4n) is 4.17. The molecular weight excluding hydrogens is 466 g/mol. The molecule has 1 heterocycles. The number of nitrogens with one attached hydrogen (secondary N) is 1. The molecule has 7 nitrogen and oxygen atoms in total. The monoisotopic (exact) mass is 499 g/mol. The lowest BCUT2D eigenvalue weighted by Gasteiger charge is -2.14. The molecule has 0 fully saturated rings. The molecule has 0 bridgehead atoms. The second kappa shape index (κ2) is 11.8. The van der Waals surface area contributed by atoms with Gasteiger partial charge < -0.3 is 24.2 Å². The second-order valence-electron chi connectivity index (χ2n) is 9.23. The van der Waals surface area contributed by atoms with Gasteiger partial charge in [-0.3, -0.25) is 4.79 Å². The van der Waals surface area contributed by atoms with Crippen molar-refractivity contribution >= 4 is 5.91 Å². The minimum absolute atomic E-state index is 0.188. The second-order valence-corrected chi connectivity index (χ2v) is 9.23. The van der Waals surface area contributed by atoms with Crippen molar-refractivity contribution < 1.29 is 18.8 Å². The normalized spacial score (nSPS) is 11.0. The van der Waals surface area contributed by atoms with E-state index in [2.05, 4.69) is 59.8 Å². The Labute approximate surface area is 218 Å². The molecule has 4 aromatic rings. The number of hydrogen-bond donors (Lipinski definition) is 1. The lowest BCUT2D eigenvalue weighted by molar-refractivity contribution is 0.0950. The number of benzene rings is 3. The van der Waals surface area contributed by atoms with Crippen LogP contribution in [-0.2, 0) is 19.7 Å². The first-order chi connectivity index (χ1) is 17.9. The van der Waals surface area contributed by atoms with Gasteiger partial charge in [0.15, 0.2) is 11.5 Å². The van der Waals surface area contributed by atoms with Crippen LogP contribution in [0.3, 0.4) is 0 Å². The van der Waals surface area contributed by atoms with E-state index in [9.17, 15) is 4.79 Å². The van der Waals surface area contributed by atoms with Gasteiger partial charge in [-0.25, -0.2) is 0 Å². The first kappa shape index (κ1) is 26.0. The molecule has 37 heavy (non-hydrogen) atoms. The minimum atomic E-state index is -0.188. The Hall–Kier alpha value is -4.10. The smallest absolute Gasteiger partial charge is 0.251 e. The molecule has 7 heteroatoms. The molecule has 4 rings (SSSR count). The molecule has 0 aliphatic rings. The van der Waals surface area contributed by atoms with Crippen LogP contribution in [-0.4, -0.2) is 37.2 Å². The van der Waals surface area contributed by atoms with Crippen molar-refractivity contribution in [1.82, 2.24) is 15.4 Å². The van der Waals surface area contributed by atoms with Gasteiger partial charge in [0, 0.05) is 18.7 Å². The largest absolute Gasteiger partial charge is 0.493 e. The summed E-state index contributed by atoms with van der Waals surface area (Å²) in [6, 6.07) is 21.8. The average Bonchev–Trinajstić information content (AvgIpc) is 3.23. The van der Waals surface area contributed by atoms with Crippen LogP contribution >= 0.6 is 0 Å². The number of carbonyl (C=O) groups excluding carboxylic acids is 1. The Bertz CT molecular complexity index is 1340. The fourth-order valence-corrected chi connectivity index (χ4v) is 4.17. The molecule has 0 atom stereocenters. The van der Waals surface area contributed by atoms with Crippen molar-refractivity contribution in [3.8, 4) is 22.6 Å². The maximum atomic E-state index is 13.0. The number of ether oxygens (including phenoxy) is 2. The van der Waals surface area contributed by atoms with Gasteiger partial charge in [0.2, 0.25) is 0 Å². The summed E-state index contributed by atoms with van der Waals surface area (Å²) in [7, 11) is 5.67. The molecule has 0 unspecified atom stereocenters. The standard InChI is InChI=1S/C30H33N3O4/c1-20-27(21(2)37-32-20)19-36-28-15-14-24(16-29(28)35-5)30(34)31-17-25-8-6-7-9-26(25)23-12-10-22(11-13-23)18-33(3)4/h6-16H,17-19H2,1-5H3,(H,31,34). The van der Waals surface area contributed by atoms with E-state index >= 15 is 0 Å². The number of methoxy groups -OCH3 is 1. The zero-order valence-electron chi connectivity index (χ0n) is 22.0. The number of rotatable bonds is 10. The summed E-state index contributed by atoms with van der Waals surface area (Å²) in [5.74, 6) is 1.56. The van der Waals surface area contributed by atoms with Crippen molar-refractivity contribution in [3.63, 3.8) is 0 Å². The SMILES string of the molecule is COc1cc(C(=O)NCc2ccccc2-c2ccc(CN(C)C)cc2)ccc1OCc1c(C)noc1C. The van der Waals surface area contributed by atoms with Crippen LogP contribution in [0, 0.1) is 13.8 Å². The van der Waals surface area contributed by atoms with Gasteiger partial charge in [0.25, 0.3) is 5.91 Å². The van der Waals surface area contributed by atoms with Crippen LogP contribution in [0.25, 0.3) is 11.1 Å². The Morgan fingerprint density at radius 2 is 1.76 bits per heavy atom. The molecule has 1 N–H and O–H groups in total. The molecule has 1 aromatic heterocycles. The Kier molecular flexibility index (Phi) is 8.25. The van der Waals surface area contributed by atoms with Gasteiger partial charge >= 0.3 is 0 Å². The van der Waals surface area contributed by atoms with E-state index in [0.29, 0.717) is 30.2 Å². The number of aromatic nitrogens is 1. The van der Waals surface area contributed by atoms with Gasteiger partial charge in [-0.2, -0.15) is 0 Å². The predicted octanol–water partition coefficient (Wildman–Crippen LogP) is 5.54. The summed E-state index contributed by atoms with van der Waals surface area (Å²) in [5.41, 5.74) is 6.70. The van der Waals surface area contributed by atoms with Crippen molar-refractivity contribution in [2.75, 3.05) is 21.2 Å². The number of hydrogen-bond acceptors (Lipinski definition) is 6. The van der Waals surface area contributed by atoms with Crippen LogP contribution in [0.5, 0.6) is 11.5 Å². The van der Waals surface area contributed by atoms with E-state index in [0.717, 1.165) is 40.3 Å². The molecule has 0 aliphatic carbocycles. The number of nitrogens with zero attached hydrogens (tertiary/aromatic N) is 2. The minimum Gasteiger partial charge on any atom is -0.493 e. The number of amides is 1. The lowest BCUT2D eigenvalue weighted by atomic mass is 9.98. The summed E-state index contributed by atoms with van der Waals surface area (Å²) in [5, 5.41) is 6.99. The molecule has 0 spiro atoms. The van der Waals surface area contributed by atoms with Gasteiger partial charge in [0.05, 0.1) is 18.4 Å². The number of carbonyl (C=O) groups is 1. The summed E-state index contributed by atoms with van der Waals surface area (Å²) in [6.07, 6.45) is 0. The highest BCUT2D eigenvalue weighted by molar-refractivity contribution is 5.95. The number of aryl methyl sites for hydroxylation is 2. The maximum absolute atomic E-state index is 13.0. The summed E-state index contributed by atoms with van der Waals surface area (Å²) >= 11 is 0. The van der Waals surface area contributed by atoms with Crippen LogP contribution < -0.4 is 14.8 Å². The van der Waals surface area contributed by atoms with Gasteiger partial charge in [-0.05, 0) is 68.4 Å². The van der Waals surface area contributed by atoms with Crippen molar-refractivity contribution in [1.29, 1.82) is 0 Å². The first-order valence-corrected chi connectivity index (χ1v) is 12.2. The summed E-state index contributed by atoms with van der Waals surface area (Å²) in [6.45, 7) is 5.32. The lowest BCUT2D eigenvalue weighted by Crippen LogP contribution is -2.23. The molecular formula is C30H33N3O4. The molecule has 0 saturated heterocycles. The van der Waals surface area contributed by atoms with Crippen LogP contribution in [0.1, 0.15) is 38.5 Å². The zero-order chi connectivity index (χ0) is 26.4. The molecule has 0 aliphatic heterocycles. The third-order valence-electron chi connectivity index (χ3n) is 6.20. The van der Waals surface area contributed by atoms with Crippen molar-refractivity contribution in [2.24, 2.45) is 0 Å². The zero-order valence-corrected chi connectivity index (χ0v) is 22.0. The van der Waals surface area contributed by atoms with E-state index in [1.807, 2.05) is 32.0 Å². The molecule has 192 valence electrons. The van der Waals surface area contributed by atoms with Crippen LogP contribution in [0.2, 0.25) is 0 Å². The summed E-state index contributed by atoms with van der Waals surface area (Å²) in [4.78, 5) is 15.1. The highest BCUT2D eigenvalue weighted by Gasteiger charge is 2.15. The van der Waals surface area contributed by atoms with E-state index < -0.39 is 0 Å². The van der Waals surface area contributed by atoms with E-state index in [1.54, 1.807) is 25.3 Å². The highest BCUT2D eigenvalue weighted by Crippen LogP contribution is 2.30. The Balaban J connectivity index is 1.43. The van der Waals surface area contributed by atoms with Crippen molar-refractivity contribution in [3.05, 3.63) is 100 Å². The quantitative estimate of drug-likeness (QED) is 0.309. The van der Waals surface area contributed by atoms with Gasteiger partial charge in [-0.15, -0.1) is 0 Å². The van der Waals surface area contributed by atoms with E-state index in [-0.39, 0.29) is 5.91 Å². The molecule has 1 amide bonds. The maximum Gasteiger partial charge on any atom is 0.251 e. The van der Waals surface area contributed by atoms with Crippen LogP contribution in [0.4, 0.5) is 0 Å².